The molecule has 138 valence electrons. The molecule has 1 unspecified atom stereocenters. The third kappa shape index (κ3) is 4.79. The monoisotopic (exact) mass is 400 g/mol. The number of amides is 2. The molecular weight excluding hydrogens is 383 g/mol. The van der Waals surface area contributed by atoms with Gasteiger partial charge in [0.1, 0.15) is 0 Å². The predicted molar refractivity (Wildman–Crippen MR) is 109 cm³/mol. The van der Waals surface area contributed by atoms with E-state index in [1.807, 2.05) is 43.3 Å². The van der Waals surface area contributed by atoms with Crippen molar-refractivity contribution in [2.45, 2.75) is 13.0 Å². The second-order valence-corrected chi connectivity index (χ2v) is 7.02. The summed E-state index contributed by atoms with van der Waals surface area (Å²) < 4.78 is 0. The maximum absolute atomic E-state index is 12.2. The van der Waals surface area contributed by atoms with Crippen molar-refractivity contribution in [3.63, 3.8) is 0 Å². The SMILES string of the molecule is CC(NC(=O)CNC(=O)c1ccc(Cl)c(Cl)c1)c1ccc2ccccc2c1. The smallest absolute Gasteiger partial charge is 0.251 e. The Morgan fingerprint density at radius 1 is 0.926 bits per heavy atom. The number of fused-ring (bicyclic) bond motifs is 1. The molecule has 1 atom stereocenters. The van der Waals surface area contributed by atoms with Gasteiger partial charge >= 0.3 is 0 Å². The van der Waals surface area contributed by atoms with Crippen LogP contribution in [-0.2, 0) is 4.79 Å². The lowest BCUT2D eigenvalue weighted by molar-refractivity contribution is -0.120. The van der Waals surface area contributed by atoms with Gasteiger partial charge in [0.15, 0.2) is 0 Å². The van der Waals surface area contributed by atoms with Gasteiger partial charge in [-0.1, -0.05) is 59.6 Å². The molecule has 0 fully saturated rings. The predicted octanol–water partition coefficient (Wildman–Crippen LogP) is 4.75. The highest BCUT2D eigenvalue weighted by Gasteiger charge is 2.13. The van der Waals surface area contributed by atoms with Gasteiger partial charge in [-0.25, -0.2) is 0 Å². The van der Waals surface area contributed by atoms with E-state index in [1.54, 1.807) is 12.1 Å². The third-order valence-corrected chi connectivity index (χ3v) is 4.98. The highest BCUT2D eigenvalue weighted by atomic mass is 35.5. The zero-order valence-electron chi connectivity index (χ0n) is 14.6. The summed E-state index contributed by atoms with van der Waals surface area (Å²) in [6.45, 7) is 1.78. The van der Waals surface area contributed by atoms with Crippen LogP contribution in [0.15, 0.2) is 60.7 Å². The molecule has 0 saturated heterocycles. The molecule has 3 rings (SSSR count). The Labute approximate surface area is 167 Å². The van der Waals surface area contributed by atoms with Gasteiger partial charge in [0.05, 0.1) is 22.6 Å². The lowest BCUT2D eigenvalue weighted by Crippen LogP contribution is -2.38. The number of benzene rings is 3. The molecule has 0 aromatic heterocycles. The summed E-state index contributed by atoms with van der Waals surface area (Å²) in [5.74, 6) is -0.661. The molecule has 0 aliphatic carbocycles. The van der Waals surface area contributed by atoms with Crippen molar-refractivity contribution >= 4 is 45.8 Å². The topological polar surface area (TPSA) is 58.2 Å². The van der Waals surface area contributed by atoms with Gasteiger partial charge in [-0.2, -0.15) is 0 Å². The van der Waals surface area contributed by atoms with E-state index < -0.39 is 0 Å². The molecule has 0 aliphatic heterocycles. The maximum Gasteiger partial charge on any atom is 0.251 e. The first kappa shape index (κ1) is 19.2. The molecular formula is C21H18Cl2N2O2. The highest BCUT2D eigenvalue weighted by molar-refractivity contribution is 6.42. The largest absolute Gasteiger partial charge is 0.348 e. The number of nitrogens with one attached hydrogen (secondary N) is 2. The van der Waals surface area contributed by atoms with Crippen molar-refractivity contribution in [3.8, 4) is 0 Å². The number of carbonyl (C=O) groups is 2. The van der Waals surface area contributed by atoms with Gasteiger partial charge in [-0.3, -0.25) is 9.59 Å². The summed E-state index contributed by atoms with van der Waals surface area (Å²) in [5, 5.41) is 8.39. The molecule has 3 aromatic carbocycles. The molecule has 6 heteroatoms. The summed E-state index contributed by atoms with van der Waals surface area (Å²) in [6.07, 6.45) is 0. The quantitative estimate of drug-likeness (QED) is 0.648. The second kappa shape index (κ2) is 8.42. The van der Waals surface area contributed by atoms with Crippen molar-refractivity contribution in [1.82, 2.24) is 10.6 Å². The van der Waals surface area contributed by atoms with Gasteiger partial charge in [-0.05, 0) is 47.5 Å². The van der Waals surface area contributed by atoms with E-state index in [-0.39, 0.29) is 24.4 Å². The summed E-state index contributed by atoms with van der Waals surface area (Å²) in [6, 6.07) is 18.5. The molecule has 0 bridgehead atoms. The van der Waals surface area contributed by atoms with Gasteiger partial charge < -0.3 is 10.6 Å². The molecule has 0 saturated carbocycles. The summed E-state index contributed by atoms with van der Waals surface area (Å²) in [5.41, 5.74) is 1.35. The van der Waals surface area contributed by atoms with Crippen molar-refractivity contribution in [1.29, 1.82) is 0 Å². The Bertz CT molecular complexity index is 1000. The van der Waals surface area contributed by atoms with E-state index >= 15 is 0 Å². The van der Waals surface area contributed by atoms with Crippen LogP contribution in [0.4, 0.5) is 0 Å². The molecule has 0 heterocycles. The Morgan fingerprint density at radius 3 is 2.41 bits per heavy atom. The highest BCUT2D eigenvalue weighted by Crippen LogP contribution is 2.22. The summed E-state index contributed by atoms with van der Waals surface area (Å²) in [4.78, 5) is 24.3. The van der Waals surface area contributed by atoms with Crippen LogP contribution in [0.5, 0.6) is 0 Å². The average Bonchev–Trinajstić information content (AvgIpc) is 2.67. The summed E-state index contributed by atoms with van der Waals surface area (Å²) >= 11 is 11.7. The molecule has 3 aromatic rings. The van der Waals surface area contributed by atoms with E-state index in [4.69, 9.17) is 23.2 Å². The van der Waals surface area contributed by atoms with Gasteiger partial charge in [0.2, 0.25) is 5.91 Å². The summed E-state index contributed by atoms with van der Waals surface area (Å²) in [7, 11) is 0. The Balaban J connectivity index is 1.57. The van der Waals surface area contributed by atoms with Crippen LogP contribution in [0.3, 0.4) is 0 Å². The molecule has 27 heavy (non-hydrogen) atoms. The minimum atomic E-state index is -0.387. The van der Waals surface area contributed by atoms with Crippen molar-refractivity contribution in [2.24, 2.45) is 0 Å². The first-order valence-electron chi connectivity index (χ1n) is 8.45. The first-order valence-corrected chi connectivity index (χ1v) is 9.21. The molecule has 2 N–H and O–H groups in total. The van der Waals surface area contributed by atoms with Crippen LogP contribution < -0.4 is 10.6 Å². The maximum atomic E-state index is 12.2. The van der Waals surface area contributed by atoms with Crippen LogP contribution in [0.2, 0.25) is 10.0 Å². The van der Waals surface area contributed by atoms with Gasteiger partial charge in [-0.15, -0.1) is 0 Å². The number of carbonyl (C=O) groups excluding carboxylic acids is 2. The fourth-order valence-electron chi connectivity index (χ4n) is 2.75. The van der Waals surface area contributed by atoms with Crippen molar-refractivity contribution in [2.75, 3.05) is 6.54 Å². The Morgan fingerprint density at radius 2 is 1.67 bits per heavy atom. The number of hydrogen-bond acceptors (Lipinski definition) is 2. The normalized spacial score (nSPS) is 11.8. The number of halogens is 2. The van der Waals surface area contributed by atoms with Crippen LogP contribution in [0.1, 0.15) is 28.9 Å². The Hall–Kier alpha value is -2.56. The van der Waals surface area contributed by atoms with Gasteiger partial charge in [0, 0.05) is 5.56 Å². The minimum absolute atomic E-state index is 0.128. The number of hydrogen-bond donors (Lipinski definition) is 2. The third-order valence-electron chi connectivity index (χ3n) is 4.24. The Kier molecular flexibility index (Phi) is 5.99. The second-order valence-electron chi connectivity index (χ2n) is 6.21. The van der Waals surface area contributed by atoms with Gasteiger partial charge in [0.25, 0.3) is 5.91 Å². The molecule has 0 spiro atoms. The molecule has 0 aliphatic rings. The van der Waals surface area contributed by atoms with E-state index in [1.165, 1.54) is 6.07 Å². The van der Waals surface area contributed by atoms with E-state index in [2.05, 4.69) is 16.7 Å². The van der Waals surface area contributed by atoms with Crippen LogP contribution in [0, 0.1) is 0 Å². The van der Waals surface area contributed by atoms with Crippen LogP contribution in [0.25, 0.3) is 10.8 Å². The van der Waals surface area contributed by atoms with Crippen LogP contribution >= 0.6 is 23.2 Å². The van der Waals surface area contributed by atoms with E-state index in [0.29, 0.717) is 15.6 Å². The lowest BCUT2D eigenvalue weighted by atomic mass is 10.0. The zero-order chi connectivity index (χ0) is 19.4. The fourth-order valence-corrected chi connectivity index (χ4v) is 3.05. The molecule has 0 radical (unpaired) electrons. The zero-order valence-corrected chi connectivity index (χ0v) is 16.1. The fraction of sp³-hybridized carbons (Fsp3) is 0.143. The molecule has 4 nitrogen and oxygen atoms in total. The lowest BCUT2D eigenvalue weighted by Gasteiger charge is -2.15. The van der Waals surface area contributed by atoms with Crippen molar-refractivity contribution < 1.29 is 9.59 Å². The van der Waals surface area contributed by atoms with E-state index in [0.717, 1.165) is 16.3 Å². The van der Waals surface area contributed by atoms with E-state index in [9.17, 15) is 9.59 Å². The molecule has 2 amide bonds. The van der Waals surface area contributed by atoms with Crippen LogP contribution in [-0.4, -0.2) is 18.4 Å². The average molecular weight is 401 g/mol. The first-order chi connectivity index (χ1) is 12.9. The number of rotatable bonds is 5. The standard InChI is InChI=1S/C21H18Cl2N2O2/c1-13(15-7-6-14-4-2-3-5-16(14)10-15)25-20(26)12-24-21(27)17-8-9-18(22)19(23)11-17/h2-11,13H,12H2,1H3,(H,24,27)(H,25,26). The minimum Gasteiger partial charge on any atom is -0.348 e. The van der Waals surface area contributed by atoms with Crippen molar-refractivity contribution in [3.05, 3.63) is 81.8 Å².